The van der Waals surface area contributed by atoms with Crippen molar-refractivity contribution < 1.29 is 4.79 Å². The average Bonchev–Trinajstić information content (AvgIpc) is 2.94. The molecule has 6 heteroatoms. The number of fused-ring (bicyclic) bond motifs is 1. The summed E-state index contributed by atoms with van der Waals surface area (Å²) in [4.78, 5) is 18.4. The van der Waals surface area contributed by atoms with Gasteiger partial charge in [-0.25, -0.2) is 4.68 Å². The third-order valence-electron chi connectivity index (χ3n) is 3.95. The van der Waals surface area contributed by atoms with Gasteiger partial charge in [0.2, 0.25) is 0 Å². The van der Waals surface area contributed by atoms with Crippen molar-refractivity contribution in [3.8, 4) is 0 Å². The Bertz CT molecular complexity index is 812. The zero-order valence-electron chi connectivity index (χ0n) is 12.8. The smallest absolute Gasteiger partial charge is 0.254 e. The normalized spacial score (nSPS) is 12.3. The molecule has 0 saturated heterocycles. The first-order valence-electron chi connectivity index (χ1n) is 7.04. The van der Waals surface area contributed by atoms with Crippen molar-refractivity contribution in [3.63, 3.8) is 0 Å². The molecule has 112 valence electrons. The van der Waals surface area contributed by atoms with E-state index >= 15 is 0 Å². The topological polar surface area (TPSA) is 63.9 Å². The van der Waals surface area contributed by atoms with Gasteiger partial charge < -0.3 is 4.90 Å². The summed E-state index contributed by atoms with van der Waals surface area (Å²) in [5.41, 5.74) is 3.28. The molecule has 6 nitrogen and oxygen atoms in total. The van der Waals surface area contributed by atoms with Crippen molar-refractivity contribution in [1.82, 2.24) is 24.9 Å². The van der Waals surface area contributed by atoms with Gasteiger partial charge in [0.15, 0.2) is 0 Å². The summed E-state index contributed by atoms with van der Waals surface area (Å²) >= 11 is 0. The van der Waals surface area contributed by atoms with E-state index in [0.29, 0.717) is 5.56 Å². The first kappa shape index (κ1) is 14.2. The summed E-state index contributed by atoms with van der Waals surface area (Å²) in [5.74, 6) is -0.0446. The molecular formula is C16H17N5O. The fraction of sp³-hybridized carbons (Fsp3) is 0.250. The van der Waals surface area contributed by atoms with Gasteiger partial charge in [0.25, 0.3) is 5.91 Å². The minimum Gasteiger partial charge on any atom is -0.335 e. The minimum atomic E-state index is -0.0446. The summed E-state index contributed by atoms with van der Waals surface area (Å²) in [7, 11) is 3.63. The van der Waals surface area contributed by atoms with Gasteiger partial charge in [-0.05, 0) is 42.8 Å². The van der Waals surface area contributed by atoms with Crippen LogP contribution in [0.3, 0.4) is 0 Å². The third-order valence-corrected chi connectivity index (χ3v) is 3.95. The van der Waals surface area contributed by atoms with Gasteiger partial charge in [-0.1, -0.05) is 5.21 Å². The van der Waals surface area contributed by atoms with E-state index in [1.807, 2.05) is 38.2 Å². The molecule has 0 bridgehead atoms. The van der Waals surface area contributed by atoms with Crippen LogP contribution in [0.5, 0.6) is 0 Å². The van der Waals surface area contributed by atoms with Gasteiger partial charge in [0.1, 0.15) is 5.52 Å². The monoisotopic (exact) mass is 295 g/mol. The molecule has 22 heavy (non-hydrogen) atoms. The Morgan fingerprint density at radius 1 is 1.23 bits per heavy atom. The zero-order valence-corrected chi connectivity index (χ0v) is 12.8. The molecule has 1 atom stereocenters. The first-order chi connectivity index (χ1) is 10.6. The highest BCUT2D eigenvalue weighted by atomic mass is 16.2. The van der Waals surface area contributed by atoms with E-state index in [4.69, 9.17) is 0 Å². The van der Waals surface area contributed by atoms with Crippen LogP contribution in [0.1, 0.15) is 28.9 Å². The number of carbonyl (C=O) groups excluding carboxylic acids is 1. The lowest BCUT2D eigenvalue weighted by Gasteiger charge is -2.25. The third kappa shape index (κ3) is 2.43. The van der Waals surface area contributed by atoms with Crippen LogP contribution in [0.25, 0.3) is 11.0 Å². The lowest BCUT2D eigenvalue weighted by Crippen LogP contribution is -2.29. The summed E-state index contributed by atoms with van der Waals surface area (Å²) in [6, 6.07) is 9.26. The van der Waals surface area contributed by atoms with Crippen LogP contribution in [0.2, 0.25) is 0 Å². The number of aromatic nitrogens is 4. The Kier molecular flexibility index (Phi) is 3.58. The van der Waals surface area contributed by atoms with Gasteiger partial charge in [-0.15, -0.1) is 5.10 Å². The highest BCUT2D eigenvalue weighted by Gasteiger charge is 2.19. The van der Waals surface area contributed by atoms with E-state index in [1.54, 1.807) is 35.1 Å². The molecule has 1 aromatic carbocycles. The zero-order chi connectivity index (χ0) is 15.7. The second kappa shape index (κ2) is 5.55. The maximum Gasteiger partial charge on any atom is 0.254 e. The van der Waals surface area contributed by atoms with Crippen LogP contribution in [0, 0.1) is 0 Å². The predicted octanol–water partition coefficient (Wildman–Crippen LogP) is 2.20. The lowest BCUT2D eigenvalue weighted by atomic mass is 10.1. The van der Waals surface area contributed by atoms with Crippen LogP contribution in [0.15, 0.2) is 42.7 Å². The Morgan fingerprint density at radius 3 is 2.68 bits per heavy atom. The molecule has 0 fully saturated rings. The number of pyridine rings is 1. The Hall–Kier alpha value is -2.76. The molecule has 2 aromatic heterocycles. The van der Waals surface area contributed by atoms with Gasteiger partial charge >= 0.3 is 0 Å². The summed E-state index contributed by atoms with van der Waals surface area (Å²) in [6.07, 6.45) is 3.46. The van der Waals surface area contributed by atoms with Crippen LogP contribution >= 0.6 is 0 Å². The second-order valence-corrected chi connectivity index (χ2v) is 5.29. The number of nitrogens with zero attached hydrogens (tertiary/aromatic N) is 5. The largest absolute Gasteiger partial charge is 0.335 e. The Labute approximate surface area is 128 Å². The maximum absolute atomic E-state index is 12.7. The van der Waals surface area contributed by atoms with Gasteiger partial charge in [-0.2, -0.15) is 0 Å². The molecular weight excluding hydrogens is 278 g/mol. The summed E-state index contributed by atoms with van der Waals surface area (Å²) < 4.78 is 1.69. The number of aryl methyl sites for hydroxylation is 1. The number of benzene rings is 1. The van der Waals surface area contributed by atoms with Crippen molar-refractivity contribution in [3.05, 3.63) is 53.9 Å². The quantitative estimate of drug-likeness (QED) is 0.743. The maximum atomic E-state index is 12.7. The van der Waals surface area contributed by atoms with E-state index < -0.39 is 0 Å². The standard InChI is InChI=1S/C16H17N5O/c1-11(12-6-8-17-9-7-12)20(2)16(22)13-4-5-15-14(10-13)18-19-21(15)3/h4-11H,1-3H3. The molecule has 1 amide bonds. The van der Waals surface area contributed by atoms with Crippen LogP contribution in [-0.2, 0) is 7.05 Å². The Morgan fingerprint density at radius 2 is 1.95 bits per heavy atom. The molecule has 0 N–H and O–H groups in total. The molecule has 0 aliphatic rings. The van der Waals surface area contributed by atoms with Crippen LogP contribution < -0.4 is 0 Å². The highest BCUT2D eigenvalue weighted by Crippen LogP contribution is 2.21. The summed E-state index contributed by atoms with van der Waals surface area (Å²) in [5, 5.41) is 8.02. The van der Waals surface area contributed by atoms with E-state index in [9.17, 15) is 4.79 Å². The molecule has 0 saturated carbocycles. The van der Waals surface area contributed by atoms with E-state index in [0.717, 1.165) is 16.6 Å². The average molecular weight is 295 g/mol. The van der Waals surface area contributed by atoms with Crippen LogP contribution in [0.4, 0.5) is 0 Å². The second-order valence-electron chi connectivity index (χ2n) is 5.29. The van der Waals surface area contributed by atoms with Crippen LogP contribution in [-0.4, -0.2) is 37.8 Å². The van der Waals surface area contributed by atoms with Gasteiger partial charge in [-0.3, -0.25) is 9.78 Å². The molecule has 3 aromatic rings. The van der Waals surface area contributed by atoms with E-state index in [-0.39, 0.29) is 11.9 Å². The number of hydrogen-bond donors (Lipinski definition) is 0. The number of amides is 1. The minimum absolute atomic E-state index is 0.0342. The van der Waals surface area contributed by atoms with E-state index in [1.165, 1.54) is 0 Å². The predicted molar refractivity (Wildman–Crippen MR) is 83.3 cm³/mol. The van der Waals surface area contributed by atoms with E-state index in [2.05, 4.69) is 15.3 Å². The van der Waals surface area contributed by atoms with Crippen molar-refractivity contribution in [2.75, 3.05) is 7.05 Å². The van der Waals surface area contributed by atoms with Crippen molar-refractivity contribution >= 4 is 16.9 Å². The first-order valence-corrected chi connectivity index (χ1v) is 7.04. The molecule has 1 unspecified atom stereocenters. The lowest BCUT2D eigenvalue weighted by molar-refractivity contribution is 0.0742. The molecule has 0 spiro atoms. The fourth-order valence-corrected chi connectivity index (χ4v) is 2.42. The van der Waals surface area contributed by atoms with Crippen molar-refractivity contribution in [2.45, 2.75) is 13.0 Å². The SMILES string of the molecule is CC(c1ccncc1)N(C)C(=O)c1ccc2c(c1)nnn2C. The van der Waals surface area contributed by atoms with Crippen molar-refractivity contribution in [1.29, 1.82) is 0 Å². The highest BCUT2D eigenvalue weighted by molar-refractivity contribution is 5.97. The molecule has 0 aliphatic carbocycles. The van der Waals surface area contributed by atoms with Crippen molar-refractivity contribution in [2.24, 2.45) is 7.05 Å². The molecule has 0 aliphatic heterocycles. The van der Waals surface area contributed by atoms with Gasteiger partial charge in [0, 0.05) is 32.1 Å². The Balaban J connectivity index is 1.88. The molecule has 0 radical (unpaired) electrons. The van der Waals surface area contributed by atoms with Gasteiger partial charge in [0.05, 0.1) is 11.6 Å². The molecule has 2 heterocycles. The fourth-order valence-electron chi connectivity index (χ4n) is 2.42. The number of hydrogen-bond acceptors (Lipinski definition) is 4. The summed E-state index contributed by atoms with van der Waals surface area (Å²) in [6.45, 7) is 1.99. The molecule has 3 rings (SSSR count). The number of carbonyl (C=O) groups is 1. The number of rotatable bonds is 3.